The summed E-state index contributed by atoms with van der Waals surface area (Å²) in [6, 6.07) is 2.46. The summed E-state index contributed by atoms with van der Waals surface area (Å²) < 4.78 is 1.38. The van der Waals surface area contributed by atoms with Gasteiger partial charge in [0.2, 0.25) is 0 Å². The molecule has 0 aliphatic heterocycles. The van der Waals surface area contributed by atoms with Crippen LogP contribution in [0.1, 0.15) is 48.9 Å². The highest BCUT2D eigenvalue weighted by atomic mass is 16.4. The number of aliphatic carboxylic acids is 1. The van der Waals surface area contributed by atoms with E-state index in [0.29, 0.717) is 12.8 Å². The molecule has 1 fully saturated rings. The second-order valence-electron chi connectivity index (χ2n) is 5.88. The summed E-state index contributed by atoms with van der Waals surface area (Å²) in [5.74, 6) is -1.80. The number of rotatable bonds is 3. The van der Waals surface area contributed by atoms with Crippen LogP contribution in [0.25, 0.3) is 0 Å². The van der Waals surface area contributed by atoms with Gasteiger partial charge in [0.25, 0.3) is 11.5 Å². The summed E-state index contributed by atoms with van der Waals surface area (Å²) in [6.07, 6.45) is 6.65. The van der Waals surface area contributed by atoms with Gasteiger partial charge < -0.3 is 15.0 Å². The topological polar surface area (TPSA) is 88.4 Å². The van der Waals surface area contributed by atoms with Gasteiger partial charge in [0.15, 0.2) is 0 Å². The maximum atomic E-state index is 12.3. The predicted molar refractivity (Wildman–Crippen MR) is 81.8 cm³/mol. The minimum Gasteiger partial charge on any atom is -0.481 e. The monoisotopic (exact) mass is 306 g/mol. The maximum Gasteiger partial charge on any atom is 0.308 e. The molecule has 0 aromatic carbocycles. The molecule has 2 atom stereocenters. The molecule has 0 radical (unpaired) electrons. The number of hydrogen-bond donors (Lipinski definition) is 2. The highest BCUT2D eigenvalue weighted by molar-refractivity contribution is 5.94. The lowest BCUT2D eigenvalue weighted by atomic mass is 9.86. The Balaban J connectivity index is 2.13. The quantitative estimate of drug-likeness (QED) is 0.886. The third-order valence-corrected chi connectivity index (χ3v) is 4.27. The molecule has 0 spiro atoms. The van der Waals surface area contributed by atoms with E-state index < -0.39 is 11.9 Å². The second-order valence-corrected chi connectivity index (χ2v) is 5.88. The first-order valence-corrected chi connectivity index (χ1v) is 7.69. The van der Waals surface area contributed by atoms with E-state index in [4.69, 9.17) is 0 Å². The number of aromatic nitrogens is 1. The second kappa shape index (κ2) is 7.24. The van der Waals surface area contributed by atoms with E-state index in [0.717, 1.165) is 25.7 Å². The molecule has 120 valence electrons. The predicted octanol–water partition coefficient (Wildman–Crippen LogP) is 1.54. The van der Waals surface area contributed by atoms with Gasteiger partial charge in [0.05, 0.1) is 5.92 Å². The van der Waals surface area contributed by atoms with Crippen molar-refractivity contribution in [1.29, 1.82) is 0 Å². The van der Waals surface area contributed by atoms with Crippen LogP contribution >= 0.6 is 0 Å². The molecule has 1 aliphatic carbocycles. The summed E-state index contributed by atoms with van der Waals surface area (Å²) in [5.41, 5.74) is 0.00870. The summed E-state index contributed by atoms with van der Waals surface area (Å²) in [5, 5.41) is 12.2. The smallest absolute Gasteiger partial charge is 0.308 e. The van der Waals surface area contributed by atoms with E-state index in [2.05, 4.69) is 5.32 Å². The SMILES string of the molecule is Cn1ccc(C(=O)NC2CCCCCCC2C(=O)O)cc1=O. The van der Waals surface area contributed by atoms with Gasteiger partial charge in [-0.15, -0.1) is 0 Å². The van der Waals surface area contributed by atoms with Crippen molar-refractivity contribution < 1.29 is 14.7 Å². The van der Waals surface area contributed by atoms with Crippen LogP contribution < -0.4 is 10.9 Å². The van der Waals surface area contributed by atoms with Crippen molar-refractivity contribution in [3.63, 3.8) is 0 Å². The molecule has 1 aromatic rings. The van der Waals surface area contributed by atoms with Crippen LogP contribution in [0.4, 0.5) is 0 Å². The third-order valence-electron chi connectivity index (χ3n) is 4.27. The van der Waals surface area contributed by atoms with Crippen molar-refractivity contribution in [2.45, 2.75) is 44.6 Å². The van der Waals surface area contributed by atoms with Gasteiger partial charge in [0.1, 0.15) is 0 Å². The lowest BCUT2D eigenvalue weighted by molar-refractivity contribution is -0.143. The molecule has 6 nitrogen and oxygen atoms in total. The van der Waals surface area contributed by atoms with Gasteiger partial charge in [-0.05, 0) is 18.9 Å². The summed E-state index contributed by atoms with van der Waals surface area (Å²) >= 11 is 0. The van der Waals surface area contributed by atoms with E-state index in [-0.39, 0.29) is 23.1 Å². The average Bonchev–Trinajstić information content (AvgIpc) is 2.44. The Morgan fingerprint density at radius 3 is 2.55 bits per heavy atom. The van der Waals surface area contributed by atoms with Crippen molar-refractivity contribution in [1.82, 2.24) is 9.88 Å². The van der Waals surface area contributed by atoms with Crippen LogP contribution in [0.3, 0.4) is 0 Å². The van der Waals surface area contributed by atoms with Gasteiger partial charge in [-0.2, -0.15) is 0 Å². The van der Waals surface area contributed by atoms with Crippen molar-refractivity contribution in [3.05, 3.63) is 34.2 Å². The van der Waals surface area contributed by atoms with Crippen LogP contribution in [0.5, 0.6) is 0 Å². The van der Waals surface area contributed by atoms with E-state index in [1.165, 1.54) is 16.8 Å². The molecule has 2 N–H and O–H groups in total. The lowest BCUT2D eigenvalue weighted by Crippen LogP contribution is -2.44. The van der Waals surface area contributed by atoms with E-state index in [1.807, 2.05) is 0 Å². The maximum absolute atomic E-state index is 12.3. The number of carbonyl (C=O) groups is 2. The Bertz CT molecular complexity index is 608. The highest BCUT2D eigenvalue weighted by Gasteiger charge is 2.30. The van der Waals surface area contributed by atoms with Gasteiger partial charge in [-0.3, -0.25) is 14.4 Å². The Labute approximate surface area is 129 Å². The van der Waals surface area contributed by atoms with Crippen LogP contribution in [0.15, 0.2) is 23.1 Å². The third kappa shape index (κ3) is 3.96. The normalized spacial score (nSPS) is 22.4. The molecule has 1 heterocycles. The van der Waals surface area contributed by atoms with E-state index in [9.17, 15) is 19.5 Å². The molecule has 2 rings (SSSR count). The van der Waals surface area contributed by atoms with Crippen molar-refractivity contribution >= 4 is 11.9 Å². The fourth-order valence-corrected chi connectivity index (χ4v) is 2.89. The molecule has 0 saturated heterocycles. The van der Waals surface area contributed by atoms with Gasteiger partial charge in [-0.1, -0.05) is 25.7 Å². The number of nitrogens with one attached hydrogen (secondary N) is 1. The highest BCUT2D eigenvalue weighted by Crippen LogP contribution is 2.23. The minimum atomic E-state index is -0.865. The molecule has 0 bridgehead atoms. The summed E-state index contributed by atoms with van der Waals surface area (Å²) in [7, 11) is 1.61. The molecule has 2 unspecified atom stereocenters. The van der Waals surface area contributed by atoms with Crippen molar-refractivity contribution in [2.24, 2.45) is 13.0 Å². The minimum absolute atomic E-state index is 0.264. The van der Waals surface area contributed by atoms with Crippen LogP contribution in [-0.2, 0) is 11.8 Å². The van der Waals surface area contributed by atoms with E-state index in [1.54, 1.807) is 13.1 Å². The fraction of sp³-hybridized carbons (Fsp3) is 0.562. The van der Waals surface area contributed by atoms with E-state index >= 15 is 0 Å². The van der Waals surface area contributed by atoms with Crippen molar-refractivity contribution in [2.75, 3.05) is 0 Å². The largest absolute Gasteiger partial charge is 0.481 e. The first-order valence-electron chi connectivity index (χ1n) is 7.69. The number of carboxylic acid groups (broad SMARTS) is 1. The number of nitrogens with zero attached hydrogens (tertiary/aromatic N) is 1. The molecular formula is C16H22N2O4. The Morgan fingerprint density at radius 2 is 1.91 bits per heavy atom. The number of pyridine rings is 1. The Hall–Kier alpha value is -2.11. The Kier molecular flexibility index (Phi) is 5.35. The zero-order valence-corrected chi connectivity index (χ0v) is 12.7. The van der Waals surface area contributed by atoms with Gasteiger partial charge in [-0.25, -0.2) is 0 Å². The number of amides is 1. The van der Waals surface area contributed by atoms with Crippen molar-refractivity contribution in [3.8, 4) is 0 Å². The molecule has 1 aliphatic rings. The van der Waals surface area contributed by atoms with Crippen LogP contribution in [0.2, 0.25) is 0 Å². The number of hydrogen-bond acceptors (Lipinski definition) is 3. The first kappa shape index (κ1) is 16.3. The summed E-state index contributed by atoms with van der Waals surface area (Å²) in [6.45, 7) is 0. The molecule has 1 aromatic heterocycles. The molecule has 22 heavy (non-hydrogen) atoms. The molecular weight excluding hydrogens is 284 g/mol. The zero-order valence-electron chi connectivity index (χ0n) is 12.7. The summed E-state index contributed by atoms with van der Waals surface area (Å²) in [4.78, 5) is 35.3. The number of carbonyl (C=O) groups excluding carboxylic acids is 1. The fourth-order valence-electron chi connectivity index (χ4n) is 2.89. The molecule has 1 saturated carbocycles. The van der Waals surface area contributed by atoms with Crippen LogP contribution in [0, 0.1) is 5.92 Å². The van der Waals surface area contributed by atoms with Gasteiger partial charge in [0, 0.05) is 30.9 Å². The molecule has 1 amide bonds. The lowest BCUT2D eigenvalue weighted by Gasteiger charge is -2.27. The van der Waals surface area contributed by atoms with Crippen LogP contribution in [-0.4, -0.2) is 27.6 Å². The first-order chi connectivity index (χ1) is 10.5. The standard InChI is InChI=1S/C16H22N2O4/c1-18-9-8-11(10-14(18)19)15(20)17-13-7-5-3-2-4-6-12(13)16(21)22/h8-10,12-13H,2-7H2,1H3,(H,17,20)(H,21,22). The molecule has 6 heteroatoms. The number of carboxylic acids is 1. The number of aryl methyl sites for hydroxylation is 1. The zero-order chi connectivity index (χ0) is 16.1. The Morgan fingerprint density at radius 1 is 1.23 bits per heavy atom. The van der Waals surface area contributed by atoms with Gasteiger partial charge >= 0.3 is 5.97 Å². The average molecular weight is 306 g/mol.